The van der Waals surface area contributed by atoms with Crippen LogP contribution in [0.5, 0.6) is 0 Å². The van der Waals surface area contributed by atoms with Crippen molar-refractivity contribution in [3.63, 3.8) is 0 Å². The van der Waals surface area contributed by atoms with Gasteiger partial charge in [0.1, 0.15) is 12.1 Å². The highest BCUT2D eigenvalue weighted by Crippen LogP contribution is 2.33. The maximum Gasteiger partial charge on any atom is 0.325 e. The van der Waals surface area contributed by atoms with Crippen LogP contribution in [0.25, 0.3) is 0 Å². The number of hydrogen-bond acceptors (Lipinski definition) is 5. The van der Waals surface area contributed by atoms with Crippen LogP contribution in [0.2, 0.25) is 0 Å². The predicted molar refractivity (Wildman–Crippen MR) is 110 cm³/mol. The second kappa shape index (κ2) is 7.60. The molecule has 1 aromatic carbocycles. The normalized spacial score (nSPS) is 22.5. The standard InChI is InChI=1S/C20H21N3O3S2/c1-13-4-6-14(7-5-13)17(15-3-2-9-28-15)21-16(24)11-23-18(25)20(22-19(23)26)8-10-27-12-20/h2-7,9,17H,8,10-12H2,1H3,(H,21,24)(H,22,26). The molecule has 2 atom stereocenters. The highest BCUT2D eigenvalue weighted by molar-refractivity contribution is 7.99. The Kier molecular flexibility index (Phi) is 5.16. The molecule has 1 aromatic heterocycles. The molecule has 8 heteroatoms. The molecular weight excluding hydrogens is 394 g/mol. The molecule has 0 bridgehead atoms. The van der Waals surface area contributed by atoms with Gasteiger partial charge < -0.3 is 10.6 Å². The molecule has 1 spiro atoms. The highest BCUT2D eigenvalue weighted by atomic mass is 32.2. The molecule has 2 aliphatic heterocycles. The quantitative estimate of drug-likeness (QED) is 0.736. The molecule has 0 radical (unpaired) electrons. The van der Waals surface area contributed by atoms with Crippen molar-refractivity contribution in [3.8, 4) is 0 Å². The van der Waals surface area contributed by atoms with Crippen molar-refractivity contribution in [3.05, 3.63) is 57.8 Å². The zero-order valence-corrected chi connectivity index (χ0v) is 17.1. The summed E-state index contributed by atoms with van der Waals surface area (Å²) in [6, 6.07) is 11.1. The van der Waals surface area contributed by atoms with E-state index in [-0.39, 0.29) is 24.4 Å². The molecule has 3 heterocycles. The van der Waals surface area contributed by atoms with Gasteiger partial charge in [-0.3, -0.25) is 14.5 Å². The van der Waals surface area contributed by atoms with E-state index in [1.807, 2.05) is 48.7 Å². The molecule has 4 amide bonds. The molecule has 2 N–H and O–H groups in total. The number of amides is 4. The predicted octanol–water partition coefficient (Wildman–Crippen LogP) is 2.69. The number of nitrogens with one attached hydrogen (secondary N) is 2. The molecule has 146 valence electrons. The first-order chi connectivity index (χ1) is 13.5. The molecule has 2 aliphatic rings. The summed E-state index contributed by atoms with van der Waals surface area (Å²) in [6.07, 6.45) is 0.613. The van der Waals surface area contributed by atoms with Crippen molar-refractivity contribution >= 4 is 40.9 Å². The van der Waals surface area contributed by atoms with E-state index < -0.39 is 11.6 Å². The maximum absolute atomic E-state index is 12.8. The summed E-state index contributed by atoms with van der Waals surface area (Å²) in [5, 5.41) is 7.75. The van der Waals surface area contributed by atoms with Gasteiger partial charge in [0.05, 0.1) is 6.04 Å². The summed E-state index contributed by atoms with van der Waals surface area (Å²) in [5.74, 6) is 0.752. The number of rotatable bonds is 5. The Labute approximate surface area is 171 Å². The first kappa shape index (κ1) is 19.0. The lowest BCUT2D eigenvalue weighted by atomic mass is 9.99. The average Bonchev–Trinajstić information content (AvgIpc) is 3.40. The van der Waals surface area contributed by atoms with Crippen LogP contribution < -0.4 is 10.6 Å². The Morgan fingerprint density at radius 1 is 1.29 bits per heavy atom. The molecule has 2 unspecified atom stereocenters. The minimum Gasteiger partial charge on any atom is -0.343 e. The summed E-state index contributed by atoms with van der Waals surface area (Å²) in [7, 11) is 0. The van der Waals surface area contributed by atoms with E-state index in [1.165, 1.54) is 0 Å². The van der Waals surface area contributed by atoms with E-state index >= 15 is 0 Å². The topological polar surface area (TPSA) is 78.5 Å². The molecule has 2 aromatic rings. The summed E-state index contributed by atoms with van der Waals surface area (Å²) in [4.78, 5) is 39.9. The number of imide groups is 1. The SMILES string of the molecule is Cc1ccc(C(NC(=O)CN2C(=O)NC3(CCSC3)C2=O)c2cccs2)cc1. The van der Waals surface area contributed by atoms with E-state index in [1.54, 1.807) is 23.1 Å². The number of benzene rings is 1. The first-order valence-corrected chi connectivity index (χ1v) is 11.1. The summed E-state index contributed by atoms with van der Waals surface area (Å²) < 4.78 is 0. The van der Waals surface area contributed by atoms with E-state index in [9.17, 15) is 14.4 Å². The number of thiophene rings is 1. The van der Waals surface area contributed by atoms with Crippen molar-refractivity contribution < 1.29 is 14.4 Å². The Morgan fingerprint density at radius 3 is 2.71 bits per heavy atom. The zero-order valence-electron chi connectivity index (χ0n) is 15.4. The number of nitrogens with zero attached hydrogens (tertiary/aromatic N) is 1. The van der Waals surface area contributed by atoms with Crippen LogP contribution in [0.1, 0.15) is 28.5 Å². The van der Waals surface area contributed by atoms with Gasteiger partial charge in [-0.25, -0.2) is 4.79 Å². The minimum absolute atomic E-state index is 0.273. The van der Waals surface area contributed by atoms with Gasteiger partial charge in [0.2, 0.25) is 5.91 Å². The van der Waals surface area contributed by atoms with Gasteiger partial charge >= 0.3 is 6.03 Å². The van der Waals surface area contributed by atoms with Crippen LogP contribution in [0.4, 0.5) is 4.79 Å². The Hall–Kier alpha value is -2.32. The number of thioether (sulfide) groups is 1. The average molecular weight is 416 g/mol. The summed E-state index contributed by atoms with van der Waals surface area (Å²) in [5.41, 5.74) is 1.27. The summed E-state index contributed by atoms with van der Waals surface area (Å²) in [6.45, 7) is 1.74. The third kappa shape index (κ3) is 3.54. The van der Waals surface area contributed by atoms with Crippen LogP contribution >= 0.6 is 23.1 Å². The number of carbonyl (C=O) groups is 3. The van der Waals surface area contributed by atoms with Crippen molar-refractivity contribution in [1.82, 2.24) is 15.5 Å². The number of carbonyl (C=O) groups excluding carboxylic acids is 3. The van der Waals surface area contributed by atoms with Crippen LogP contribution in [0.3, 0.4) is 0 Å². The lowest BCUT2D eigenvalue weighted by Gasteiger charge is -2.21. The number of hydrogen-bond donors (Lipinski definition) is 2. The van der Waals surface area contributed by atoms with Crippen LogP contribution in [0.15, 0.2) is 41.8 Å². The van der Waals surface area contributed by atoms with Crippen LogP contribution in [-0.2, 0) is 9.59 Å². The van der Waals surface area contributed by atoms with Crippen molar-refractivity contribution in [2.24, 2.45) is 0 Å². The fourth-order valence-corrected chi connectivity index (χ4v) is 5.66. The van der Waals surface area contributed by atoms with Gasteiger partial charge in [-0.2, -0.15) is 11.8 Å². The van der Waals surface area contributed by atoms with E-state index in [0.29, 0.717) is 12.2 Å². The molecule has 28 heavy (non-hydrogen) atoms. The fraction of sp³-hybridized carbons (Fsp3) is 0.350. The Morgan fingerprint density at radius 2 is 2.07 bits per heavy atom. The molecular formula is C20H21N3O3S2. The molecule has 6 nitrogen and oxygen atoms in total. The second-order valence-corrected chi connectivity index (χ2v) is 9.22. The number of aryl methyl sites for hydroxylation is 1. The van der Waals surface area contributed by atoms with Gasteiger partial charge in [-0.05, 0) is 36.1 Å². The first-order valence-electron chi connectivity index (χ1n) is 9.10. The Balaban J connectivity index is 1.50. The fourth-order valence-electron chi connectivity index (χ4n) is 3.54. The maximum atomic E-state index is 12.8. The zero-order chi connectivity index (χ0) is 19.7. The smallest absolute Gasteiger partial charge is 0.325 e. The lowest BCUT2D eigenvalue weighted by molar-refractivity contribution is -0.134. The van der Waals surface area contributed by atoms with Gasteiger partial charge in [0, 0.05) is 10.6 Å². The highest BCUT2D eigenvalue weighted by Gasteiger charge is 2.53. The van der Waals surface area contributed by atoms with Crippen LogP contribution in [0, 0.1) is 6.92 Å². The molecule has 4 rings (SSSR count). The second-order valence-electron chi connectivity index (χ2n) is 7.13. The van der Waals surface area contributed by atoms with Gasteiger partial charge in [0.25, 0.3) is 5.91 Å². The van der Waals surface area contributed by atoms with Gasteiger partial charge in [-0.15, -0.1) is 11.3 Å². The summed E-state index contributed by atoms with van der Waals surface area (Å²) >= 11 is 3.20. The van der Waals surface area contributed by atoms with Gasteiger partial charge in [-0.1, -0.05) is 35.9 Å². The Bertz CT molecular complexity index is 890. The van der Waals surface area contributed by atoms with Gasteiger partial charge in [0.15, 0.2) is 0 Å². The molecule has 2 saturated heterocycles. The van der Waals surface area contributed by atoms with Crippen molar-refractivity contribution in [1.29, 1.82) is 0 Å². The largest absolute Gasteiger partial charge is 0.343 e. The molecule has 0 aliphatic carbocycles. The van der Waals surface area contributed by atoms with Crippen LogP contribution in [-0.4, -0.2) is 46.3 Å². The third-order valence-corrected chi connectivity index (χ3v) is 7.24. The van der Waals surface area contributed by atoms with E-state index in [0.717, 1.165) is 26.7 Å². The van der Waals surface area contributed by atoms with Crippen molar-refractivity contribution in [2.45, 2.75) is 24.9 Å². The third-order valence-electron chi connectivity index (χ3n) is 5.11. The van der Waals surface area contributed by atoms with E-state index in [2.05, 4.69) is 10.6 Å². The molecule has 0 saturated carbocycles. The minimum atomic E-state index is -0.827. The monoisotopic (exact) mass is 415 g/mol. The lowest BCUT2D eigenvalue weighted by Crippen LogP contribution is -2.47. The van der Waals surface area contributed by atoms with Crippen molar-refractivity contribution in [2.75, 3.05) is 18.1 Å². The number of urea groups is 1. The molecule has 2 fully saturated rings. The van der Waals surface area contributed by atoms with E-state index in [4.69, 9.17) is 0 Å².